The van der Waals surface area contributed by atoms with E-state index in [9.17, 15) is 14.4 Å². The first-order valence-corrected chi connectivity index (χ1v) is 8.90. The van der Waals surface area contributed by atoms with Crippen LogP contribution < -0.4 is 15.4 Å². The first-order valence-electron chi connectivity index (χ1n) is 8.90. The molecule has 2 N–H and O–H groups in total. The number of carbonyl (C=O) groups excluding carboxylic acids is 3. The van der Waals surface area contributed by atoms with Crippen LogP contribution >= 0.6 is 0 Å². The Hall–Kier alpha value is -3.35. The number of hydrogen-bond donors (Lipinski definition) is 2. The fourth-order valence-electron chi connectivity index (χ4n) is 2.57. The van der Waals surface area contributed by atoms with E-state index in [4.69, 9.17) is 9.47 Å². The van der Waals surface area contributed by atoms with Gasteiger partial charge in [-0.05, 0) is 37.1 Å². The molecular weight excluding hydrogens is 360 g/mol. The molecule has 0 spiro atoms. The van der Waals surface area contributed by atoms with Gasteiger partial charge in [0.05, 0.1) is 13.7 Å². The molecule has 2 aromatic rings. The van der Waals surface area contributed by atoms with E-state index in [-0.39, 0.29) is 18.0 Å². The van der Waals surface area contributed by atoms with Crippen molar-refractivity contribution in [1.82, 2.24) is 5.32 Å². The number of nitrogens with one attached hydrogen (secondary N) is 2. The first kappa shape index (κ1) is 21.0. The summed E-state index contributed by atoms with van der Waals surface area (Å²) in [6, 6.07) is 12.5. The molecule has 2 rings (SSSR count). The van der Waals surface area contributed by atoms with E-state index < -0.39 is 18.5 Å². The number of benzene rings is 2. The number of amides is 2. The van der Waals surface area contributed by atoms with Crippen LogP contribution in [0.5, 0.6) is 5.75 Å². The van der Waals surface area contributed by atoms with Crippen molar-refractivity contribution in [3.05, 3.63) is 59.2 Å². The van der Waals surface area contributed by atoms with Gasteiger partial charge in [-0.15, -0.1) is 0 Å². The zero-order valence-corrected chi connectivity index (χ0v) is 16.2. The number of para-hydroxylation sites is 1. The van der Waals surface area contributed by atoms with Crippen LogP contribution in [0.4, 0.5) is 5.69 Å². The number of hydrogen-bond acceptors (Lipinski definition) is 5. The molecule has 148 valence electrons. The zero-order chi connectivity index (χ0) is 20.5. The predicted molar refractivity (Wildman–Crippen MR) is 105 cm³/mol. The third-order valence-corrected chi connectivity index (χ3v) is 4.03. The lowest BCUT2D eigenvalue weighted by Gasteiger charge is -2.11. The maximum absolute atomic E-state index is 12.2. The van der Waals surface area contributed by atoms with Crippen molar-refractivity contribution in [3.63, 3.8) is 0 Å². The van der Waals surface area contributed by atoms with Crippen LogP contribution in [0.3, 0.4) is 0 Å². The second-order valence-electron chi connectivity index (χ2n) is 6.12. The molecule has 0 bridgehead atoms. The lowest BCUT2D eigenvalue weighted by atomic mass is 10.1. The molecule has 28 heavy (non-hydrogen) atoms. The number of anilines is 1. The highest BCUT2D eigenvalue weighted by Crippen LogP contribution is 2.20. The van der Waals surface area contributed by atoms with E-state index in [1.165, 1.54) is 7.11 Å². The molecule has 0 aromatic heterocycles. The highest BCUT2D eigenvalue weighted by molar-refractivity contribution is 5.96. The van der Waals surface area contributed by atoms with Crippen LogP contribution in [0.1, 0.15) is 28.4 Å². The Bertz CT molecular complexity index is 864. The fourth-order valence-corrected chi connectivity index (χ4v) is 2.57. The van der Waals surface area contributed by atoms with E-state index in [2.05, 4.69) is 10.6 Å². The van der Waals surface area contributed by atoms with Crippen molar-refractivity contribution in [3.8, 4) is 5.75 Å². The topological polar surface area (TPSA) is 93.7 Å². The summed E-state index contributed by atoms with van der Waals surface area (Å²) in [5.74, 6) is -1.23. The first-order chi connectivity index (χ1) is 13.4. The Morgan fingerprint density at radius 1 is 1.04 bits per heavy atom. The van der Waals surface area contributed by atoms with E-state index in [0.29, 0.717) is 11.4 Å². The minimum Gasteiger partial charge on any atom is -0.496 e. The third kappa shape index (κ3) is 5.84. The minimum absolute atomic E-state index is 0.220. The van der Waals surface area contributed by atoms with Crippen LogP contribution in [0, 0.1) is 6.92 Å². The third-order valence-electron chi connectivity index (χ3n) is 4.03. The standard InChI is InChI=1S/C21H24N2O5/c1-4-15-7-5-6-8-17(15)23-19(24)12-22-20(25)13-28-21(26)16-11-14(2)9-10-18(16)27-3/h5-11H,4,12-13H2,1-3H3,(H,22,25)(H,23,24). The van der Waals surface area contributed by atoms with Gasteiger partial charge in [-0.25, -0.2) is 4.79 Å². The van der Waals surface area contributed by atoms with Gasteiger partial charge in [-0.3, -0.25) is 9.59 Å². The molecule has 0 atom stereocenters. The maximum Gasteiger partial charge on any atom is 0.342 e. The molecule has 7 heteroatoms. The van der Waals surface area contributed by atoms with Gasteiger partial charge in [0.15, 0.2) is 6.61 Å². The van der Waals surface area contributed by atoms with Gasteiger partial charge >= 0.3 is 5.97 Å². The smallest absolute Gasteiger partial charge is 0.342 e. The SMILES string of the molecule is CCc1ccccc1NC(=O)CNC(=O)COC(=O)c1cc(C)ccc1OC. The lowest BCUT2D eigenvalue weighted by molar-refractivity contribution is -0.126. The molecule has 0 aliphatic carbocycles. The molecular formula is C21H24N2O5. The summed E-state index contributed by atoms with van der Waals surface area (Å²) in [7, 11) is 1.45. The zero-order valence-electron chi connectivity index (χ0n) is 16.2. The molecule has 7 nitrogen and oxygen atoms in total. The number of methoxy groups -OCH3 is 1. The van der Waals surface area contributed by atoms with Gasteiger partial charge in [0.25, 0.3) is 5.91 Å². The normalized spacial score (nSPS) is 10.1. The van der Waals surface area contributed by atoms with E-state index in [1.807, 2.05) is 32.0 Å². The number of carbonyl (C=O) groups is 3. The maximum atomic E-state index is 12.2. The largest absolute Gasteiger partial charge is 0.496 e. The number of rotatable bonds is 8. The lowest BCUT2D eigenvalue weighted by Crippen LogP contribution is -2.35. The Balaban J connectivity index is 1.82. The molecule has 0 saturated heterocycles. The quantitative estimate of drug-likeness (QED) is 0.682. The van der Waals surface area contributed by atoms with Crippen molar-refractivity contribution >= 4 is 23.5 Å². The fraction of sp³-hybridized carbons (Fsp3) is 0.286. The molecule has 0 aliphatic heterocycles. The molecule has 2 amide bonds. The van der Waals surface area contributed by atoms with Crippen molar-refractivity contribution in [2.24, 2.45) is 0 Å². The van der Waals surface area contributed by atoms with Crippen molar-refractivity contribution < 1.29 is 23.9 Å². The van der Waals surface area contributed by atoms with Crippen LogP contribution in [-0.4, -0.2) is 38.0 Å². The summed E-state index contributed by atoms with van der Waals surface area (Å²) >= 11 is 0. The summed E-state index contributed by atoms with van der Waals surface area (Å²) in [4.78, 5) is 36.1. The van der Waals surface area contributed by atoms with Gasteiger partial charge in [0.2, 0.25) is 5.91 Å². The Morgan fingerprint density at radius 3 is 2.50 bits per heavy atom. The van der Waals surface area contributed by atoms with Crippen LogP contribution in [0.15, 0.2) is 42.5 Å². The summed E-state index contributed by atoms with van der Waals surface area (Å²) in [6.45, 7) is 3.11. The second kappa shape index (κ2) is 10.1. The summed E-state index contributed by atoms with van der Waals surface area (Å²) < 4.78 is 10.1. The monoisotopic (exact) mass is 384 g/mol. The molecule has 0 saturated carbocycles. The van der Waals surface area contributed by atoms with Gasteiger partial charge in [0, 0.05) is 5.69 Å². The summed E-state index contributed by atoms with van der Waals surface area (Å²) in [5, 5.41) is 5.18. The van der Waals surface area contributed by atoms with Gasteiger partial charge in [0.1, 0.15) is 11.3 Å². The van der Waals surface area contributed by atoms with Gasteiger partial charge in [-0.2, -0.15) is 0 Å². The average Bonchev–Trinajstić information content (AvgIpc) is 2.70. The van der Waals surface area contributed by atoms with Crippen LogP contribution in [0.25, 0.3) is 0 Å². The molecule has 0 aliphatic rings. The van der Waals surface area contributed by atoms with Crippen LogP contribution in [0.2, 0.25) is 0 Å². The number of aryl methyl sites for hydroxylation is 2. The Morgan fingerprint density at radius 2 is 1.79 bits per heavy atom. The summed E-state index contributed by atoms with van der Waals surface area (Å²) in [5.41, 5.74) is 2.82. The van der Waals surface area contributed by atoms with Crippen LogP contribution in [-0.2, 0) is 20.7 Å². The van der Waals surface area contributed by atoms with Crippen molar-refractivity contribution in [1.29, 1.82) is 0 Å². The minimum atomic E-state index is -0.669. The van der Waals surface area contributed by atoms with Crippen molar-refractivity contribution in [2.45, 2.75) is 20.3 Å². The predicted octanol–water partition coefficient (Wildman–Crippen LogP) is 2.48. The van der Waals surface area contributed by atoms with Crippen molar-refractivity contribution in [2.75, 3.05) is 25.6 Å². The van der Waals surface area contributed by atoms with E-state index in [0.717, 1.165) is 17.5 Å². The van der Waals surface area contributed by atoms with E-state index in [1.54, 1.807) is 24.3 Å². The second-order valence-corrected chi connectivity index (χ2v) is 6.12. The number of esters is 1. The highest BCUT2D eigenvalue weighted by Gasteiger charge is 2.16. The Kier molecular flexibility index (Phi) is 7.56. The Labute approximate surface area is 164 Å². The molecule has 0 unspecified atom stereocenters. The van der Waals surface area contributed by atoms with Gasteiger partial charge in [-0.1, -0.05) is 36.8 Å². The number of ether oxygens (including phenoxy) is 2. The molecule has 0 heterocycles. The molecule has 0 fully saturated rings. The van der Waals surface area contributed by atoms with Gasteiger partial charge < -0.3 is 20.1 Å². The summed E-state index contributed by atoms with van der Waals surface area (Å²) in [6.07, 6.45) is 0.779. The molecule has 2 aromatic carbocycles. The van der Waals surface area contributed by atoms with E-state index >= 15 is 0 Å². The average molecular weight is 384 g/mol. The highest BCUT2D eigenvalue weighted by atomic mass is 16.5. The molecule has 0 radical (unpaired) electrons.